The quantitative estimate of drug-likeness (QED) is 0.814. The van der Waals surface area contributed by atoms with Gasteiger partial charge in [0, 0.05) is 16.6 Å². The molecule has 132 valence electrons. The molecule has 0 bridgehead atoms. The zero-order valence-electron chi connectivity index (χ0n) is 14.5. The monoisotopic (exact) mass is 355 g/mol. The van der Waals surface area contributed by atoms with Crippen LogP contribution in [0.2, 0.25) is 0 Å². The van der Waals surface area contributed by atoms with Crippen LogP contribution in [-0.4, -0.2) is 15.7 Å². The standard InChI is InChI=1S/C20H25N3OS/c24-20(12-11-16-8-5-13-25-16)21-14-18-17-9-3-4-10-19(17)23(22-18)15-6-1-2-7-15/h5,8,11-13,15H,1-4,6-7,9-10,14H2,(H,21,24)/b12-11+. The smallest absolute Gasteiger partial charge is 0.244 e. The van der Waals surface area contributed by atoms with Crippen LogP contribution in [0.5, 0.6) is 0 Å². The predicted molar refractivity (Wildman–Crippen MR) is 102 cm³/mol. The van der Waals surface area contributed by atoms with Gasteiger partial charge in [0.05, 0.1) is 18.3 Å². The van der Waals surface area contributed by atoms with Gasteiger partial charge < -0.3 is 5.32 Å². The molecule has 2 aliphatic rings. The van der Waals surface area contributed by atoms with Gasteiger partial charge in [-0.3, -0.25) is 9.48 Å². The lowest BCUT2D eigenvalue weighted by atomic mass is 9.95. The second kappa shape index (κ2) is 7.56. The molecule has 0 unspecified atom stereocenters. The summed E-state index contributed by atoms with van der Waals surface area (Å²) in [7, 11) is 0. The van der Waals surface area contributed by atoms with Gasteiger partial charge in [-0.1, -0.05) is 18.9 Å². The number of hydrogen-bond acceptors (Lipinski definition) is 3. The molecule has 0 atom stereocenters. The molecule has 2 aromatic rings. The number of thiophene rings is 1. The lowest BCUT2D eigenvalue weighted by molar-refractivity contribution is -0.116. The van der Waals surface area contributed by atoms with Crippen molar-refractivity contribution < 1.29 is 4.79 Å². The number of amides is 1. The molecule has 0 radical (unpaired) electrons. The van der Waals surface area contributed by atoms with E-state index in [-0.39, 0.29) is 5.91 Å². The van der Waals surface area contributed by atoms with E-state index in [4.69, 9.17) is 5.10 Å². The molecular formula is C20H25N3OS. The highest BCUT2D eigenvalue weighted by molar-refractivity contribution is 7.10. The first-order valence-electron chi connectivity index (χ1n) is 9.40. The fourth-order valence-electron chi connectivity index (χ4n) is 4.07. The SMILES string of the molecule is O=C(/C=C/c1cccs1)NCc1nn(C2CCCC2)c2c1CCCC2. The average molecular weight is 356 g/mol. The molecule has 25 heavy (non-hydrogen) atoms. The maximum atomic E-state index is 12.1. The van der Waals surface area contributed by atoms with Crippen LogP contribution in [0.1, 0.15) is 66.4 Å². The molecule has 2 aromatic heterocycles. The fraction of sp³-hybridized carbons (Fsp3) is 0.500. The van der Waals surface area contributed by atoms with Gasteiger partial charge in [-0.25, -0.2) is 0 Å². The molecule has 0 aromatic carbocycles. The Labute approximate surface area is 152 Å². The highest BCUT2D eigenvalue weighted by Crippen LogP contribution is 2.34. The first kappa shape index (κ1) is 16.6. The van der Waals surface area contributed by atoms with Crippen LogP contribution in [0.4, 0.5) is 0 Å². The summed E-state index contributed by atoms with van der Waals surface area (Å²) < 4.78 is 2.31. The van der Waals surface area contributed by atoms with Crippen LogP contribution < -0.4 is 5.32 Å². The van der Waals surface area contributed by atoms with E-state index in [1.54, 1.807) is 17.4 Å². The Hall–Kier alpha value is -1.88. The lowest BCUT2D eigenvalue weighted by Gasteiger charge is -2.18. The molecule has 0 spiro atoms. The summed E-state index contributed by atoms with van der Waals surface area (Å²) >= 11 is 1.63. The Kier molecular flexibility index (Phi) is 5.02. The number of nitrogens with one attached hydrogen (secondary N) is 1. The van der Waals surface area contributed by atoms with E-state index >= 15 is 0 Å². The first-order valence-corrected chi connectivity index (χ1v) is 10.3. The van der Waals surface area contributed by atoms with Crippen LogP contribution >= 0.6 is 11.3 Å². The summed E-state index contributed by atoms with van der Waals surface area (Å²) in [5.41, 5.74) is 3.93. The van der Waals surface area contributed by atoms with Crippen molar-refractivity contribution >= 4 is 23.3 Å². The highest BCUT2D eigenvalue weighted by atomic mass is 32.1. The van der Waals surface area contributed by atoms with E-state index < -0.39 is 0 Å². The van der Waals surface area contributed by atoms with E-state index in [1.807, 2.05) is 23.6 Å². The van der Waals surface area contributed by atoms with Crippen molar-refractivity contribution in [3.8, 4) is 0 Å². The van der Waals surface area contributed by atoms with Crippen molar-refractivity contribution in [2.75, 3.05) is 0 Å². The number of carbonyl (C=O) groups excluding carboxylic acids is 1. The first-order chi connectivity index (χ1) is 12.3. The van der Waals surface area contributed by atoms with Crippen LogP contribution in [0.25, 0.3) is 6.08 Å². The third kappa shape index (κ3) is 3.71. The lowest BCUT2D eigenvalue weighted by Crippen LogP contribution is -2.21. The van der Waals surface area contributed by atoms with Gasteiger partial charge >= 0.3 is 0 Å². The van der Waals surface area contributed by atoms with Crippen molar-refractivity contribution in [1.29, 1.82) is 0 Å². The van der Waals surface area contributed by atoms with Gasteiger partial charge in [0.25, 0.3) is 0 Å². The molecule has 2 heterocycles. The number of nitrogens with zero attached hydrogens (tertiary/aromatic N) is 2. The number of rotatable bonds is 5. The minimum atomic E-state index is -0.0478. The summed E-state index contributed by atoms with van der Waals surface area (Å²) in [6.45, 7) is 0.537. The average Bonchev–Trinajstić information content (AvgIpc) is 3.38. The third-order valence-corrected chi connectivity index (χ3v) is 6.17. The second-order valence-corrected chi connectivity index (χ2v) is 8.01. The largest absolute Gasteiger partial charge is 0.347 e. The zero-order valence-corrected chi connectivity index (χ0v) is 15.4. The molecule has 1 N–H and O–H groups in total. The normalized spacial score (nSPS) is 17.9. The summed E-state index contributed by atoms with van der Waals surface area (Å²) in [6, 6.07) is 4.58. The molecule has 1 fully saturated rings. The van der Waals surface area contributed by atoms with Gasteiger partial charge in [-0.05, 0) is 61.6 Å². The van der Waals surface area contributed by atoms with Crippen molar-refractivity contribution in [3.05, 3.63) is 45.4 Å². The summed E-state index contributed by atoms with van der Waals surface area (Å²) in [5.74, 6) is -0.0478. The van der Waals surface area contributed by atoms with Gasteiger partial charge in [-0.15, -0.1) is 11.3 Å². The summed E-state index contributed by atoms with van der Waals surface area (Å²) in [5, 5.41) is 9.97. The highest BCUT2D eigenvalue weighted by Gasteiger charge is 2.26. The molecule has 1 saturated carbocycles. The van der Waals surface area contributed by atoms with E-state index in [2.05, 4.69) is 10.00 Å². The minimum Gasteiger partial charge on any atom is -0.347 e. The number of hydrogen-bond donors (Lipinski definition) is 1. The molecule has 4 rings (SSSR count). The van der Waals surface area contributed by atoms with E-state index in [0.717, 1.165) is 23.4 Å². The fourth-order valence-corrected chi connectivity index (χ4v) is 4.69. The van der Waals surface area contributed by atoms with Crippen molar-refractivity contribution in [2.45, 2.75) is 64.0 Å². The molecule has 0 aliphatic heterocycles. The molecule has 1 amide bonds. The summed E-state index contributed by atoms with van der Waals surface area (Å²) in [4.78, 5) is 13.2. The summed E-state index contributed by atoms with van der Waals surface area (Å²) in [6.07, 6.45) is 13.4. The van der Waals surface area contributed by atoms with E-state index in [0.29, 0.717) is 12.6 Å². The Balaban J connectivity index is 1.45. The minimum absolute atomic E-state index is 0.0478. The van der Waals surface area contributed by atoms with Crippen molar-refractivity contribution in [2.24, 2.45) is 0 Å². The molecule has 2 aliphatic carbocycles. The van der Waals surface area contributed by atoms with Crippen molar-refractivity contribution in [1.82, 2.24) is 15.1 Å². The predicted octanol–water partition coefficient (Wildman–Crippen LogP) is 4.27. The van der Waals surface area contributed by atoms with Crippen LogP contribution in [0, 0.1) is 0 Å². The Morgan fingerprint density at radius 3 is 2.92 bits per heavy atom. The third-order valence-electron chi connectivity index (χ3n) is 5.33. The van der Waals surface area contributed by atoms with Crippen LogP contribution in [0.3, 0.4) is 0 Å². The molecular weight excluding hydrogens is 330 g/mol. The van der Waals surface area contributed by atoms with Gasteiger partial charge in [0.1, 0.15) is 0 Å². The Morgan fingerprint density at radius 1 is 1.28 bits per heavy atom. The van der Waals surface area contributed by atoms with Crippen LogP contribution in [0.15, 0.2) is 23.6 Å². The van der Waals surface area contributed by atoms with E-state index in [9.17, 15) is 4.79 Å². The molecule has 0 saturated heterocycles. The van der Waals surface area contributed by atoms with Gasteiger partial charge in [0.15, 0.2) is 0 Å². The number of aromatic nitrogens is 2. The maximum absolute atomic E-state index is 12.1. The topological polar surface area (TPSA) is 46.9 Å². The second-order valence-electron chi connectivity index (χ2n) is 7.03. The molecule has 5 heteroatoms. The maximum Gasteiger partial charge on any atom is 0.244 e. The number of carbonyl (C=O) groups is 1. The van der Waals surface area contributed by atoms with Gasteiger partial charge in [-0.2, -0.15) is 5.10 Å². The Morgan fingerprint density at radius 2 is 2.12 bits per heavy atom. The van der Waals surface area contributed by atoms with Gasteiger partial charge in [0.2, 0.25) is 5.91 Å². The molecule has 4 nitrogen and oxygen atoms in total. The zero-order chi connectivity index (χ0) is 17.1. The number of fused-ring (bicyclic) bond motifs is 1. The van der Waals surface area contributed by atoms with Crippen molar-refractivity contribution in [3.63, 3.8) is 0 Å². The van der Waals surface area contributed by atoms with Crippen LogP contribution in [-0.2, 0) is 24.2 Å². The Bertz CT molecular complexity index is 754. The van der Waals surface area contributed by atoms with E-state index in [1.165, 1.54) is 49.8 Å².